The number of ether oxygens (including phenoxy) is 1. The molecule has 0 radical (unpaired) electrons. The molecule has 26 heavy (non-hydrogen) atoms. The van der Waals surface area contributed by atoms with E-state index in [0.29, 0.717) is 10.6 Å². The molecule has 0 saturated carbocycles. The third-order valence-electron chi connectivity index (χ3n) is 4.40. The van der Waals surface area contributed by atoms with Crippen molar-refractivity contribution in [3.63, 3.8) is 0 Å². The van der Waals surface area contributed by atoms with E-state index >= 15 is 0 Å². The predicted octanol–water partition coefficient (Wildman–Crippen LogP) is 5.80. The lowest BCUT2D eigenvalue weighted by Gasteiger charge is -2.24. The Kier molecular flexibility index (Phi) is 6.86. The Morgan fingerprint density at radius 1 is 1.23 bits per heavy atom. The van der Waals surface area contributed by atoms with Crippen molar-refractivity contribution in [3.8, 4) is 5.75 Å². The molecule has 0 N–H and O–H groups in total. The number of nitrogens with zero attached hydrogens (tertiary/aromatic N) is 1. The van der Waals surface area contributed by atoms with Crippen molar-refractivity contribution in [2.75, 3.05) is 18.9 Å². The smallest absolute Gasteiger partial charge is 0.255 e. The maximum Gasteiger partial charge on any atom is 0.255 e. The molecule has 0 spiro atoms. The minimum Gasteiger partial charge on any atom is -0.494 e. The molecule has 0 aliphatic carbocycles. The van der Waals surface area contributed by atoms with Gasteiger partial charge in [0.15, 0.2) is 0 Å². The van der Waals surface area contributed by atoms with Gasteiger partial charge in [0.05, 0.1) is 6.61 Å². The van der Waals surface area contributed by atoms with Crippen molar-refractivity contribution >= 4 is 29.3 Å². The van der Waals surface area contributed by atoms with E-state index in [-0.39, 0.29) is 11.3 Å². The van der Waals surface area contributed by atoms with E-state index in [0.717, 1.165) is 36.6 Å². The Hall–Kier alpha value is -1.65. The molecule has 1 saturated heterocycles. The topological polar surface area (TPSA) is 29.5 Å². The molecule has 1 amide bonds. The number of hydrogen-bond acceptors (Lipinski definition) is 3. The van der Waals surface area contributed by atoms with Crippen molar-refractivity contribution in [1.29, 1.82) is 0 Å². The lowest BCUT2D eigenvalue weighted by atomic mass is 10.1. The normalized spacial score (nSPS) is 16.7. The average Bonchev–Trinajstić information content (AvgIpc) is 3.15. The molecule has 1 aliphatic rings. The standard InChI is InChI=1S/C21H24ClNO2S/c1-2-3-4-13-25-19-10-8-16(9-11-19)20(24)23-12-14-26-21(23)17-6-5-7-18(22)15-17/h5-11,15,21H,2-4,12-14H2,1H3. The van der Waals surface area contributed by atoms with Gasteiger partial charge in [0.1, 0.15) is 11.1 Å². The van der Waals surface area contributed by atoms with Crippen LogP contribution in [-0.4, -0.2) is 29.7 Å². The second-order valence-corrected chi connectivity index (χ2v) is 7.98. The van der Waals surface area contributed by atoms with Crippen LogP contribution < -0.4 is 4.74 Å². The summed E-state index contributed by atoms with van der Waals surface area (Å²) in [7, 11) is 0. The van der Waals surface area contributed by atoms with Crippen LogP contribution in [0.25, 0.3) is 0 Å². The number of benzene rings is 2. The molecule has 3 nitrogen and oxygen atoms in total. The van der Waals surface area contributed by atoms with Crippen LogP contribution in [0.5, 0.6) is 5.75 Å². The molecule has 1 heterocycles. The molecule has 2 aromatic rings. The number of rotatable bonds is 7. The van der Waals surface area contributed by atoms with Gasteiger partial charge in [-0.25, -0.2) is 0 Å². The summed E-state index contributed by atoms with van der Waals surface area (Å²) in [6.45, 7) is 3.64. The molecule has 1 fully saturated rings. The highest BCUT2D eigenvalue weighted by Crippen LogP contribution is 2.39. The van der Waals surface area contributed by atoms with Gasteiger partial charge in [-0.2, -0.15) is 0 Å². The lowest BCUT2D eigenvalue weighted by Crippen LogP contribution is -2.30. The molecule has 3 rings (SSSR count). The first-order valence-electron chi connectivity index (χ1n) is 9.10. The summed E-state index contributed by atoms with van der Waals surface area (Å²) in [5.41, 5.74) is 1.77. The maximum absolute atomic E-state index is 13.0. The van der Waals surface area contributed by atoms with E-state index in [1.165, 1.54) is 12.8 Å². The summed E-state index contributed by atoms with van der Waals surface area (Å²) in [6.07, 6.45) is 3.41. The highest BCUT2D eigenvalue weighted by molar-refractivity contribution is 7.99. The van der Waals surface area contributed by atoms with Crippen LogP contribution in [0.15, 0.2) is 48.5 Å². The Bertz CT molecular complexity index is 735. The zero-order chi connectivity index (χ0) is 18.4. The first-order valence-corrected chi connectivity index (χ1v) is 10.5. The van der Waals surface area contributed by atoms with Crippen LogP contribution in [0.4, 0.5) is 0 Å². The van der Waals surface area contributed by atoms with Crippen LogP contribution in [0, 0.1) is 0 Å². The Morgan fingerprint density at radius 2 is 2.04 bits per heavy atom. The van der Waals surface area contributed by atoms with Crippen molar-refractivity contribution in [1.82, 2.24) is 4.90 Å². The summed E-state index contributed by atoms with van der Waals surface area (Å²) >= 11 is 7.90. The van der Waals surface area contributed by atoms with Crippen LogP contribution in [0.1, 0.15) is 47.5 Å². The van der Waals surface area contributed by atoms with Crippen LogP contribution in [-0.2, 0) is 0 Å². The number of carbonyl (C=O) groups is 1. The Labute approximate surface area is 164 Å². The fraction of sp³-hybridized carbons (Fsp3) is 0.381. The summed E-state index contributed by atoms with van der Waals surface area (Å²) < 4.78 is 5.73. The Morgan fingerprint density at radius 3 is 2.77 bits per heavy atom. The van der Waals surface area contributed by atoms with E-state index in [4.69, 9.17) is 16.3 Å². The molecular formula is C21H24ClNO2S. The van der Waals surface area contributed by atoms with E-state index in [1.807, 2.05) is 53.4 Å². The van der Waals surface area contributed by atoms with Crippen molar-refractivity contribution in [3.05, 3.63) is 64.7 Å². The largest absolute Gasteiger partial charge is 0.494 e. The first-order chi connectivity index (χ1) is 12.7. The molecule has 0 bridgehead atoms. The number of hydrogen-bond donors (Lipinski definition) is 0. The summed E-state index contributed by atoms with van der Waals surface area (Å²) in [4.78, 5) is 14.9. The van der Waals surface area contributed by atoms with Crippen molar-refractivity contribution < 1.29 is 9.53 Å². The molecule has 1 aliphatic heterocycles. The number of thioether (sulfide) groups is 1. The zero-order valence-electron chi connectivity index (χ0n) is 15.0. The maximum atomic E-state index is 13.0. The summed E-state index contributed by atoms with van der Waals surface area (Å²) in [6, 6.07) is 15.2. The van der Waals surface area contributed by atoms with Gasteiger partial charge < -0.3 is 9.64 Å². The monoisotopic (exact) mass is 389 g/mol. The number of unbranched alkanes of at least 4 members (excludes halogenated alkanes) is 2. The SMILES string of the molecule is CCCCCOc1ccc(C(=O)N2CCSC2c2cccc(Cl)c2)cc1. The van der Waals surface area contributed by atoms with Gasteiger partial charge in [-0.05, 0) is 48.4 Å². The van der Waals surface area contributed by atoms with Gasteiger partial charge in [-0.15, -0.1) is 11.8 Å². The van der Waals surface area contributed by atoms with Gasteiger partial charge in [-0.1, -0.05) is 43.5 Å². The second kappa shape index (κ2) is 9.33. The zero-order valence-corrected chi connectivity index (χ0v) is 16.6. The summed E-state index contributed by atoms with van der Waals surface area (Å²) in [5.74, 6) is 1.80. The number of halogens is 1. The van der Waals surface area contributed by atoms with E-state index in [1.54, 1.807) is 11.8 Å². The fourth-order valence-electron chi connectivity index (χ4n) is 3.02. The summed E-state index contributed by atoms with van der Waals surface area (Å²) in [5, 5.41) is 0.721. The second-order valence-electron chi connectivity index (χ2n) is 6.36. The van der Waals surface area contributed by atoms with Crippen LogP contribution in [0.2, 0.25) is 5.02 Å². The lowest BCUT2D eigenvalue weighted by molar-refractivity contribution is 0.0760. The minimum atomic E-state index is 0.0196. The van der Waals surface area contributed by atoms with Crippen molar-refractivity contribution in [2.24, 2.45) is 0 Å². The number of amides is 1. The van der Waals surface area contributed by atoms with Crippen LogP contribution >= 0.6 is 23.4 Å². The van der Waals surface area contributed by atoms with E-state index < -0.39 is 0 Å². The molecule has 1 unspecified atom stereocenters. The first kappa shape index (κ1) is 19.1. The van der Waals surface area contributed by atoms with Gasteiger partial charge in [0.25, 0.3) is 5.91 Å². The molecule has 2 aromatic carbocycles. The molecular weight excluding hydrogens is 366 g/mol. The third-order valence-corrected chi connectivity index (χ3v) is 5.90. The van der Waals surface area contributed by atoms with Gasteiger partial charge in [0.2, 0.25) is 0 Å². The molecule has 0 aromatic heterocycles. The molecule has 5 heteroatoms. The van der Waals surface area contributed by atoms with Crippen molar-refractivity contribution in [2.45, 2.75) is 31.6 Å². The fourth-order valence-corrected chi connectivity index (χ4v) is 4.46. The van der Waals surface area contributed by atoms with E-state index in [2.05, 4.69) is 6.92 Å². The average molecular weight is 390 g/mol. The van der Waals surface area contributed by atoms with Crippen LogP contribution in [0.3, 0.4) is 0 Å². The molecule has 1 atom stereocenters. The van der Waals surface area contributed by atoms with Gasteiger partial charge in [0, 0.05) is 22.9 Å². The molecule has 138 valence electrons. The predicted molar refractivity (Wildman–Crippen MR) is 109 cm³/mol. The third kappa shape index (κ3) is 4.74. The highest BCUT2D eigenvalue weighted by Gasteiger charge is 2.31. The minimum absolute atomic E-state index is 0.0196. The number of carbonyl (C=O) groups excluding carboxylic acids is 1. The Balaban J connectivity index is 1.66. The van der Waals surface area contributed by atoms with Gasteiger partial charge in [-0.3, -0.25) is 4.79 Å². The van der Waals surface area contributed by atoms with E-state index in [9.17, 15) is 4.79 Å². The van der Waals surface area contributed by atoms with Gasteiger partial charge >= 0.3 is 0 Å². The quantitative estimate of drug-likeness (QED) is 0.560. The highest BCUT2D eigenvalue weighted by atomic mass is 35.5.